The number of ether oxygens (including phenoxy) is 1. The van der Waals surface area contributed by atoms with Gasteiger partial charge >= 0.3 is 5.97 Å². The fourth-order valence-corrected chi connectivity index (χ4v) is 4.61. The van der Waals surface area contributed by atoms with Gasteiger partial charge in [-0.2, -0.15) is 0 Å². The molecule has 1 aromatic heterocycles. The molecule has 0 radical (unpaired) electrons. The van der Waals surface area contributed by atoms with Crippen LogP contribution in [0.1, 0.15) is 34.2 Å². The van der Waals surface area contributed by atoms with E-state index in [1.165, 1.54) is 23.9 Å². The number of aryl methyl sites for hydroxylation is 1. The lowest BCUT2D eigenvalue weighted by Crippen LogP contribution is -2.05. The summed E-state index contributed by atoms with van der Waals surface area (Å²) in [6.07, 6.45) is 1.85. The normalized spacial score (nSPS) is 11.1. The Hall–Kier alpha value is -4.17. The highest BCUT2D eigenvalue weighted by atomic mass is 32.2. The Kier molecular flexibility index (Phi) is 7.65. The molecule has 0 aliphatic rings. The maximum absolute atomic E-state index is 11.9. The zero-order valence-electron chi connectivity index (χ0n) is 20.2. The summed E-state index contributed by atoms with van der Waals surface area (Å²) in [4.78, 5) is 28.9. The molecule has 0 aliphatic carbocycles. The van der Waals surface area contributed by atoms with E-state index in [1.807, 2.05) is 56.5 Å². The first-order chi connectivity index (χ1) is 17.4. The number of carbonyl (C=O) groups is 1. The van der Waals surface area contributed by atoms with Crippen molar-refractivity contribution in [1.29, 1.82) is 0 Å². The van der Waals surface area contributed by atoms with Crippen LogP contribution in [0, 0.1) is 24.0 Å². The van der Waals surface area contributed by atoms with Crippen LogP contribution in [0.3, 0.4) is 0 Å². The van der Waals surface area contributed by atoms with Crippen LogP contribution in [-0.2, 0) is 4.74 Å². The van der Waals surface area contributed by atoms with Gasteiger partial charge in [0.05, 0.1) is 22.8 Å². The Morgan fingerprint density at radius 3 is 2.19 bits per heavy atom. The highest BCUT2D eigenvalue weighted by Crippen LogP contribution is 2.30. The summed E-state index contributed by atoms with van der Waals surface area (Å²) in [5.41, 5.74) is 5.51. The Balaban J connectivity index is 1.46. The number of hydrogen-bond donors (Lipinski definition) is 0. The second-order valence-electron chi connectivity index (χ2n) is 8.03. The van der Waals surface area contributed by atoms with Gasteiger partial charge in [-0.25, -0.2) is 4.79 Å². The molecule has 0 fully saturated rings. The number of hydrogen-bond acceptors (Lipinski definition) is 6. The summed E-state index contributed by atoms with van der Waals surface area (Å²) in [6, 6.07) is 23.8. The second-order valence-corrected chi connectivity index (χ2v) is 9.18. The molecular formula is C28H25N3O4S. The third kappa shape index (κ3) is 5.72. The van der Waals surface area contributed by atoms with Crippen LogP contribution in [0.2, 0.25) is 0 Å². The summed E-state index contributed by atoms with van der Waals surface area (Å²) in [5.74, 6) is -0.324. The Morgan fingerprint density at radius 1 is 1.00 bits per heavy atom. The zero-order valence-corrected chi connectivity index (χ0v) is 21.0. The third-order valence-corrected chi connectivity index (χ3v) is 6.60. The highest BCUT2D eigenvalue weighted by Gasteiger charge is 2.11. The number of nitrogens with zero attached hydrogens (tertiary/aromatic N) is 3. The minimum Gasteiger partial charge on any atom is -0.462 e. The maximum atomic E-state index is 11.9. The highest BCUT2D eigenvalue weighted by molar-refractivity contribution is 7.99. The monoisotopic (exact) mass is 499 g/mol. The lowest BCUT2D eigenvalue weighted by molar-refractivity contribution is -0.384. The Morgan fingerprint density at radius 2 is 1.61 bits per heavy atom. The molecule has 0 unspecified atom stereocenters. The number of benzene rings is 3. The van der Waals surface area contributed by atoms with Crippen molar-refractivity contribution in [2.24, 2.45) is 4.99 Å². The van der Waals surface area contributed by atoms with E-state index < -0.39 is 4.92 Å². The van der Waals surface area contributed by atoms with E-state index in [9.17, 15) is 14.9 Å². The fraction of sp³-hybridized carbons (Fsp3) is 0.143. The zero-order chi connectivity index (χ0) is 25.7. The van der Waals surface area contributed by atoms with Gasteiger partial charge in [-0.05, 0) is 87.5 Å². The van der Waals surface area contributed by atoms with Crippen molar-refractivity contribution in [2.45, 2.75) is 30.6 Å². The smallest absolute Gasteiger partial charge is 0.338 e. The van der Waals surface area contributed by atoms with Crippen molar-refractivity contribution in [3.05, 3.63) is 111 Å². The van der Waals surface area contributed by atoms with Crippen molar-refractivity contribution in [2.75, 3.05) is 6.61 Å². The van der Waals surface area contributed by atoms with Crippen molar-refractivity contribution >= 4 is 35.3 Å². The lowest BCUT2D eigenvalue weighted by atomic mass is 10.2. The van der Waals surface area contributed by atoms with Crippen LogP contribution in [-0.4, -0.2) is 28.3 Å². The predicted octanol–water partition coefficient (Wildman–Crippen LogP) is 7.08. The summed E-state index contributed by atoms with van der Waals surface area (Å²) in [7, 11) is 0. The number of rotatable bonds is 8. The molecule has 1 heterocycles. The van der Waals surface area contributed by atoms with E-state index in [4.69, 9.17) is 4.74 Å². The maximum Gasteiger partial charge on any atom is 0.338 e. The van der Waals surface area contributed by atoms with Crippen molar-refractivity contribution < 1.29 is 14.5 Å². The van der Waals surface area contributed by atoms with E-state index in [0.717, 1.165) is 38.1 Å². The van der Waals surface area contributed by atoms with Gasteiger partial charge in [0.1, 0.15) is 0 Å². The van der Waals surface area contributed by atoms with E-state index in [0.29, 0.717) is 12.2 Å². The van der Waals surface area contributed by atoms with Gasteiger partial charge in [0.15, 0.2) is 0 Å². The molecule has 0 aliphatic heterocycles. The van der Waals surface area contributed by atoms with Gasteiger partial charge in [-0.1, -0.05) is 11.8 Å². The molecule has 4 aromatic rings. The van der Waals surface area contributed by atoms with Gasteiger partial charge < -0.3 is 9.30 Å². The first-order valence-corrected chi connectivity index (χ1v) is 12.2. The number of nitro groups is 1. The van der Waals surface area contributed by atoms with E-state index in [1.54, 1.807) is 31.2 Å². The van der Waals surface area contributed by atoms with Crippen LogP contribution < -0.4 is 0 Å². The van der Waals surface area contributed by atoms with E-state index in [-0.39, 0.29) is 11.7 Å². The number of carbonyl (C=O) groups excluding carboxylic acids is 1. The predicted molar refractivity (Wildman–Crippen MR) is 142 cm³/mol. The van der Waals surface area contributed by atoms with Crippen LogP contribution in [0.15, 0.2) is 93.6 Å². The van der Waals surface area contributed by atoms with Crippen molar-refractivity contribution in [3.8, 4) is 5.69 Å². The third-order valence-electron chi connectivity index (χ3n) is 5.58. The molecular weight excluding hydrogens is 474 g/mol. The van der Waals surface area contributed by atoms with E-state index >= 15 is 0 Å². The Labute approximate surface area is 213 Å². The van der Waals surface area contributed by atoms with Gasteiger partial charge in [0.2, 0.25) is 0 Å². The minimum absolute atomic E-state index is 0.0806. The molecule has 0 saturated carbocycles. The van der Waals surface area contributed by atoms with Gasteiger partial charge in [0, 0.05) is 50.8 Å². The topological polar surface area (TPSA) is 86.7 Å². The quantitative estimate of drug-likeness (QED) is 0.112. The van der Waals surface area contributed by atoms with Gasteiger partial charge in [-0.3, -0.25) is 15.1 Å². The van der Waals surface area contributed by atoms with Crippen LogP contribution in [0.25, 0.3) is 5.69 Å². The average molecular weight is 500 g/mol. The lowest BCUT2D eigenvalue weighted by Gasteiger charge is -2.10. The number of aliphatic imine (C=N–C) groups is 1. The second kappa shape index (κ2) is 11.0. The summed E-state index contributed by atoms with van der Waals surface area (Å²) in [6.45, 7) is 6.21. The molecule has 0 bridgehead atoms. The summed E-state index contributed by atoms with van der Waals surface area (Å²) >= 11 is 1.54. The van der Waals surface area contributed by atoms with Crippen LogP contribution in [0.4, 0.5) is 11.4 Å². The Bertz CT molecular complexity index is 1410. The van der Waals surface area contributed by atoms with Crippen molar-refractivity contribution in [3.63, 3.8) is 0 Å². The molecule has 36 heavy (non-hydrogen) atoms. The van der Waals surface area contributed by atoms with Crippen LogP contribution >= 0.6 is 11.8 Å². The molecule has 0 spiro atoms. The largest absolute Gasteiger partial charge is 0.462 e. The van der Waals surface area contributed by atoms with Crippen molar-refractivity contribution in [1.82, 2.24) is 4.57 Å². The summed E-state index contributed by atoms with van der Waals surface area (Å²) in [5, 5.41) is 10.8. The number of aromatic nitrogens is 1. The molecule has 4 rings (SSSR count). The molecule has 8 heteroatoms. The van der Waals surface area contributed by atoms with E-state index in [2.05, 4.69) is 15.6 Å². The molecule has 3 aromatic carbocycles. The van der Waals surface area contributed by atoms with Gasteiger partial charge in [0.25, 0.3) is 5.69 Å². The summed E-state index contributed by atoms with van der Waals surface area (Å²) < 4.78 is 7.19. The first-order valence-electron chi connectivity index (χ1n) is 11.4. The fourth-order valence-electron chi connectivity index (χ4n) is 3.79. The van der Waals surface area contributed by atoms with Crippen LogP contribution in [0.5, 0.6) is 0 Å². The minimum atomic E-state index is -0.402. The SMILES string of the molecule is CCOC(=O)c1ccc(-n2c(C)cc(C=Nc3ccc(Sc4ccc([N+](=O)[O-])cc4)cc3)c2C)cc1. The average Bonchev–Trinajstić information content (AvgIpc) is 3.17. The molecule has 182 valence electrons. The molecule has 0 amide bonds. The van der Waals surface area contributed by atoms with Gasteiger partial charge in [-0.15, -0.1) is 0 Å². The number of nitro benzene ring substituents is 1. The molecule has 0 N–H and O–H groups in total. The molecule has 0 saturated heterocycles. The number of non-ortho nitro benzene ring substituents is 1. The first kappa shape index (κ1) is 24.9. The molecule has 7 nitrogen and oxygen atoms in total. The number of esters is 1. The standard InChI is InChI=1S/C28H25N3O4S/c1-4-35-28(32)21-5-9-24(10-6-21)30-19(2)17-22(20(30)3)18-29-23-7-13-26(14-8-23)36-27-15-11-25(12-16-27)31(33)34/h5-18H,4H2,1-3H3. The molecule has 0 atom stereocenters.